The van der Waals surface area contributed by atoms with Gasteiger partial charge < -0.3 is 14.9 Å². The number of nitrogens with one attached hydrogen (secondary N) is 1. The molecule has 0 aromatic heterocycles. The van der Waals surface area contributed by atoms with Crippen LogP contribution in [0.3, 0.4) is 0 Å². The second-order valence-corrected chi connectivity index (χ2v) is 8.87. The highest BCUT2D eigenvalue weighted by molar-refractivity contribution is 7.93. The van der Waals surface area contributed by atoms with Crippen LogP contribution in [0, 0.1) is 5.92 Å². The Morgan fingerprint density at radius 2 is 1.68 bits per heavy atom. The number of ether oxygens (including phenoxy) is 1. The molecule has 2 rings (SSSR count). The Kier molecular flexibility index (Phi) is 6.82. The van der Waals surface area contributed by atoms with E-state index in [1.54, 1.807) is 44.2 Å². The Labute approximate surface area is 164 Å². The first-order valence-electron chi connectivity index (χ1n) is 8.76. The van der Waals surface area contributed by atoms with Crippen molar-refractivity contribution in [1.82, 2.24) is 5.32 Å². The number of aliphatic carboxylic acids is 1. The minimum absolute atomic E-state index is 0.0493. The number of carbonyl (C=O) groups is 1. The average Bonchev–Trinajstić information content (AvgIpc) is 2.68. The van der Waals surface area contributed by atoms with Crippen LogP contribution in [0.15, 0.2) is 59.5 Å². The number of hydrogen-bond donors (Lipinski definition) is 3. The maximum absolute atomic E-state index is 13.4. The lowest BCUT2D eigenvalue weighted by Crippen LogP contribution is -2.66. The predicted octanol–water partition coefficient (Wildman–Crippen LogP) is 2.06. The highest BCUT2D eigenvalue weighted by atomic mass is 32.2. The Balaban J connectivity index is 2.58. The minimum atomic E-state index is -4.52. The van der Waals surface area contributed by atoms with E-state index in [4.69, 9.17) is 4.74 Å². The molecule has 2 aromatic carbocycles. The van der Waals surface area contributed by atoms with Crippen molar-refractivity contribution in [2.75, 3.05) is 7.11 Å². The molecule has 0 fully saturated rings. The van der Waals surface area contributed by atoms with Crippen LogP contribution in [0.1, 0.15) is 19.4 Å². The van der Waals surface area contributed by atoms with Gasteiger partial charge in [0, 0.05) is 6.54 Å². The number of aliphatic hydroxyl groups excluding tert-OH is 1. The fraction of sp³-hybridized carbons (Fsp3) is 0.350. The average molecular weight is 407 g/mol. The van der Waals surface area contributed by atoms with E-state index in [1.165, 1.54) is 31.4 Å². The molecule has 8 heteroatoms. The molecular formula is C20H25NO6S. The molecule has 0 aliphatic rings. The Hall–Kier alpha value is -2.42. The van der Waals surface area contributed by atoms with Crippen molar-refractivity contribution in [2.45, 2.75) is 36.3 Å². The van der Waals surface area contributed by atoms with Crippen LogP contribution < -0.4 is 10.1 Å². The molecule has 1 unspecified atom stereocenters. The van der Waals surface area contributed by atoms with Gasteiger partial charge in [-0.15, -0.1) is 0 Å². The summed E-state index contributed by atoms with van der Waals surface area (Å²) in [5, 5.41) is 23.4. The molecule has 0 bridgehead atoms. The Morgan fingerprint density at radius 1 is 1.11 bits per heavy atom. The van der Waals surface area contributed by atoms with Gasteiger partial charge in [0.05, 0.1) is 12.0 Å². The second kappa shape index (κ2) is 8.72. The van der Waals surface area contributed by atoms with E-state index in [-0.39, 0.29) is 11.4 Å². The van der Waals surface area contributed by atoms with Crippen molar-refractivity contribution >= 4 is 15.8 Å². The van der Waals surface area contributed by atoms with Crippen molar-refractivity contribution < 1.29 is 28.2 Å². The highest BCUT2D eigenvalue weighted by Gasteiger charge is 2.58. The summed E-state index contributed by atoms with van der Waals surface area (Å²) in [5.74, 6) is -1.87. The molecule has 0 aliphatic carbocycles. The summed E-state index contributed by atoms with van der Waals surface area (Å²) in [7, 11) is -3.08. The van der Waals surface area contributed by atoms with Crippen molar-refractivity contribution in [3.05, 3.63) is 60.2 Å². The van der Waals surface area contributed by atoms with Crippen molar-refractivity contribution in [2.24, 2.45) is 5.92 Å². The van der Waals surface area contributed by atoms with Gasteiger partial charge in [-0.25, -0.2) is 13.2 Å². The molecule has 0 saturated carbocycles. The summed E-state index contributed by atoms with van der Waals surface area (Å²) >= 11 is 0. The zero-order valence-corrected chi connectivity index (χ0v) is 16.8. The quantitative estimate of drug-likeness (QED) is 0.583. The van der Waals surface area contributed by atoms with Crippen LogP contribution in [0.2, 0.25) is 0 Å². The second-order valence-electron chi connectivity index (χ2n) is 6.75. The Bertz CT molecular complexity index is 896. The van der Waals surface area contributed by atoms with Gasteiger partial charge in [-0.05, 0) is 35.7 Å². The van der Waals surface area contributed by atoms with Crippen molar-refractivity contribution in [3.8, 4) is 5.75 Å². The predicted molar refractivity (Wildman–Crippen MR) is 105 cm³/mol. The number of sulfone groups is 1. The van der Waals surface area contributed by atoms with E-state index in [0.29, 0.717) is 11.3 Å². The van der Waals surface area contributed by atoms with Gasteiger partial charge in [0.25, 0.3) is 0 Å². The first-order chi connectivity index (χ1) is 13.2. The van der Waals surface area contributed by atoms with Gasteiger partial charge in [0.1, 0.15) is 11.9 Å². The molecule has 0 heterocycles. The molecular weight excluding hydrogens is 382 g/mol. The summed E-state index contributed by atoms with van der Waals surface area (Å²) in [4.78, 5) is 9.46. The standard InChI is InChI=1S/C20H25NO6S/c1-14(2)18(22)20(19(23)24,21-13-15-7-5-4-6-8-15)28(25,26)17-11-9-16(27-3)10-12-17/h4-12,14,18,21-22H,13H2,1-3H3,(H,23,24)/t18?,20-/m1/s1. The molecule has 2 aromatic rings. The van der Waals surface area contributed by atoms with Gasteiger partial charge >= 0.3 is 5.97 Å². The molecule has 0 radical (unpaired) electrons. The van der Waals surface area contributed by atoms with Gasteiger partial charge in [-0.2, -0.15) is 0 Å². The third kappa shape index (κ3) is 4.04. The summed E-state index contributed by atoms with van der Waals surface area (Å²) in [6.07, 6.45) is -1.69. The molecule has 0 aliphatic heterocycles. The topological polar surface area (TPSA) is 113 Å². The van der Waals surface area contributed by atoms with Crippen LogP contribution in [-0.2, 0) is 21.2 Å². The fourth-order valence-electron chi connectivity index (χ4n) is 2.92. The lowest BCUT2D eigenvalue weighted by molar-refractivity contribution is -0.146. The number of aliphatic hydroxyl groups is 1. The van der Waals surface area contributed by atoms with Gasteiger partial charge in [-0.1, -0.05) is 44.2 Å². The normalized spacial score (nSPS) is 15.0. The van der Waals surface area contributed by atoms with E-state index >= 15 is 0 Å². The van der Waals surface area contributed by atoms with Crippen LogP contribution >= 0.6 is 0 Å². The molecule has 0 spiro atoms. The number of rotatable bonds is 9. The van der Waals surface area contributed by atoms with Crippen LogP contribution in [0.5, 0.6) is 5.75 Å². The third-order valence-electron chi connectivity index (χ3n) is 4.56. The largest absolute Gasteiger partial charge is 0.497 e. The molecule has 3 N–H and O–H groups in total. The number of methoxy groups -OCH3 is 1. The number of carboxylic acids is 1. The summed E-state index contributed by atoms with van der Waals surface area (Å²) in [5.41, 5.74) is 0.689. The lowest BCUT2D eigenvalue weighted by atomic mass is 9.98. The van der Waals surface area contributed by atoms with Gasteiger partial charge in [0.2, 0.25) is 14.7 Å². The van der Waals surface area contributed by atoms with Crippen molar-refractivity contribution in [3.63, 3.8) is 0 Å². The van der Waals surface area contributed by atoms with Crippen LogP contribution in [-0.4, -0.2) is 42.7 Å². The highest BCUT2D eigenvalue weighted by Crippen LogP contribution is 2.32. The molecule has 2 atom stereocenters. The maximum Gasteiger partial charge on any atom is 0.343 e. The number of benzene rings is 2. The minimum Gasteiger partial charge on any atom is -0.497 e. The van der Waals surface area contributed by atoms with E-state index in [2.05, 4.69) is 5.32 Å². The van der Waals surface area contributed by atoms with Crippen LogP contribution in [0.25, 0.3) is 0 Å². The van der Waals surface area contributed by atoms with E-state index in [1.807, 2.05) is 0 Å². The van der Waals surface area contributed by atoms with E-state index in [9.17, 15) is 23.4 Å². The third-order valence-corrected chi connectivity index (χ3v) is 6.86. The van der Waals surface area contributed by atoms with Crippen molar-refractivity contribution in [1.29, 1.82) is 0 Å². The zero-order chi connectivity index (χ0) is 20.9. The molecule has 152 valence electrons. The molecule has 0 amide bonds. The lowest BCUT2D eigenvalue weighted by Gasteiger charge is -2.36. The zero-order valence-electron chi connectivity index (χ0n) is 16.0. The summed E-state index contributed by atoms with van der Waals surface area (Å²) in [6.45, 7) is 3.08. The van der Waals surface area contributed by atoms with E-state index in [0.717, 1.165) is 0 Å². The number of carboxylic acid groups (broad SMARTS) is 1. The van der Waals surface area contributed by atoms with Gasteiger partial charge in [0.15, 0.2) is 0 Å². The van der Waals surface area contributed by atoms with Crippen LogP contribution in [0.4, 0.5) is 0 Å². The fourth-order valence-corrected chi connectivity index (χ4v) is 4.86. The SMILES string of the molecule is COc1ccc(S(=O)(=O)[C@@](NCc2ccccc2)(C(=O)O)C(O)C(C)C)cc1. The molecule has 28 heavy (non-hydrogen) atoms. The first kappa shape index (κ1) is 21.9. The first-order valence-corrected chi connectivity index (χ1v) is 10.2. The smallest absolute Gasteiger partial charge is 0.343 e. The summed E-state index contributed by atoms with van der Waals surface area (Å²) < 4.78 is 31.9. The monoisotopic (exact) mass is 407 g/mol. The van der Waals surface area contributed by atoms with Gasteiger partial charge in [-0.3, -0.25) is 5.32 Å². The molecule has 7 nitrogen and oxygen atoms in total. The van der Waals surface area contributed by atoms with E-state index < -0.39 is 32.7 Å². The number of hydrogen-bond acceptors (Lipinski definition) is 6. The Morgan fingerprint density at radius 3 is 2.14 bits per heavy atom. The summed E-state index contributed by atoms with van der Waals surface area (Å²) in [6, 6.07) is 14.2. The molecule has 0 saturated heterocycles. The maximum atomic E-state index is 13.4.